The van der Waals surface area contributed by atoms with Crippen LogP contribution in [0.15, 0.2) is 0 Å². The summed E-state index contributed by atoms with van der Waals surface area (Å²) in [5.74, 6) is 0. The fourth-order valence-electron chi connectivity index (χ4n) is 3.70. The number of hydrogen-bond acceptors (Lipinski definition) is 0. The van der Waals surface area contributed by atoms with Crippen molar-refractivity contribution in [3.05, 3.63) is 0 Å². The number of rotatable bonds is 4. The van der Waals surface area contributed by atoms with Crippen molar-refractivity contribution in [3.8, 4) is 0 Å². The summed E-state index contributed by atoms with van der Waals surface area (Å²) < 4.78 is 0. The van der Waals surface area contributed by atoms with Crippen molar-refractivity contribution in [1.29, 1.82) is 0 Å². The Morgan fingerprint density at radius 2 is 1.14 bits per heavy atom. The second-order valence-corrected chi connectivity index (χ2v) is 10.5. The van der Waals surface area contributed by atoms with Gasteiger partial charge >= 0.3 is 0 Å². The van der Waals surface area contributed by atoms with Gasteiger partial charge in [0, 0.05) is 0 Å². The van der Waals surface area contributed by atoms with Crippen LogP contribution in [0.1, 0.15) is 103 Å². The molecule has 0 bridgehead atoms. The van der Waals surface area contributed by atoms with Gasteiger partial charge in [0.25, 0.3) is 0 Å². The van der Waals surface area contributed by atoms with Crippen LogP contribution in [0.25, 0.3) is 0 Å². The van der Waals surface area contributed by atoms with Gasteiger partial charge in [-0.25, -0.2) is 0 Å². The van der Waals surface area contributed by atoms with Crippen LogP contribution in [0.4, 0.5) is 0 Å². The molecule has 0 aromatic heterocycles. The molecule has 2 aliphatic carbocycles. The molecule has 1 atom stereocenters. The molecule has 2 aliphatic rings. The molecule has 0 aromatic rings. The molecule has 0 saturated heterocycles. The highest BCUT2D eigenvalue weighted by atomic mass is 31.1. The molecule has 0 heterocycles. The molecule has 22 heavy (non-hydrogen) atoms. The van der Waals surface area contributed by atoms with E-state index >= 15 is 0 Å². The zero-order chi connectivity index (χ0) is 15.5. The third kappa shape index (κ3) is 8.26. The zero-order valence-corrected chi connectivity index (χ0v) is 16.6. The first kappa shape index (κ1) is 18.7. The second-order valence-electron chi connectivity index (χ2n) is 7.32. The Hall–Kier alpha value is 0.340. The van der Waals surface area contributed by atoms with Gasteiger partial charge in [-0.2, -0.15) is 0 Å². The van der Waals surface area contributed by atoms with Gasteiger partial charge < -0.3 is 0 Å². The van der Waals surface area contributed by atoms with Crippen LogP contribution in [-0.4, -0.2) is 22.4 Å². The lowest BCUT2D eigenvalue weighted by Crippen LogP contribution is -2.03. The van der Waals surface area contributed by atoms with Crippen molar-refractivity contribution >= 4 is 27.0 Å². The standard InChI is InChI=1S/C20H36P2/c1-18(22-20-14-10-6-3-7-11-15-20)16-17-21-19-12-8-4-2-5-9-13-19/h18H,2-17H2,1H3. The molecule has 0 amide bonds. The highest BCUT2D eigenvalue weighted by molar-refractivity contribution is 7.42. The van der Waals surface area contributed by atoms with E-state index in [2.05, 4.69) is 6.92 Å². The van der Waals surface area contributed by atoms with Gasteiger partial charge in [0.1, 0.15) is 0 Å². The molecule has 2 fully saturated rings. The molecule has 2 rings (SSSR count). The van der Waals surface area contributed by atoms with Gasteiger partial charge in [0.15, 0.2) is 0 Å². The van der Waals surface area contributed by atoms with Gasteiger partial charge in [-0.3, -0.25) is 0 Å². The van der Waals surface area contributed by atoms with Gasteiger partial charge in [-0.15, -0.1) is 16.4 Å². The topological polar surface area (TPSA) is 0 Å². The molecule has 1 unspecified atom stereocenters. The van der Waals surface area contributed by atoms with E-state index in [1.54, 1.807) is 16.4 Å². The molecule has 0 aliphatic heterocycles. The van der Waals surface area contributed by atoms with E-state index in [1.165, 1.54) is 102 Å². The van der Waals surface area contributed by atoms with Crippen LogP contribution in [0.2, 0.25) is 0 Å². The molecule has 0 spiro atoms. The highest BCUT2D eigenvalue weighted by Gasteiger charge is 2.07. The predicted molar refractivity (Wildman–Crippen MR) is 107 cm³/mol. The maximum Gasteiger partial charge on any atom is -0.00137 e. The van der Waals surface area contributed by atoms with Crippen LogP contribution < -0.4 is 0 Å². The normalized spacial score (nSPS) is 23.7. The van der Waals surface area contributed by atoms with Crippen LogP contribution in [0, 0.1) is 0 Å². The lowest BCUT2D eigenvalue weighted by Gasteiger charge is -2.14. The van der Waals surface area contributed by atoms with Crippen molar-refractivity contribution in [2.75, 3.05) is 6.16 Å². The van der Waals surface area contributed by atoms with E-state index in [9.17, 15) is 0 Å². The summed E-state index contributed by atoms with van der Waals surface area (Å²) in [6, 6.07) is 0. The summed E-state index contributed by atoms with van der Waals surface area (Å²) in [7, 11) is 3.40. The van der Waals surface area contributed by atoms with Gasteiger partial charge in [-0.05, 0) is 80.2 Å². The molecular formula is C20H36P2. The predicted octanol–water partition coefficient (Wildman–Crippen LogP) is 7.49. The first-order valence-electron chi connectivity index (χ1n) is 9.92. The zero-order valence-electron chi connectivity index (χ0n) is 14.8. The Bertz CT molecular complexity index is 337. The SMILES string of the molecule is CC(CCP=C1CCCCCCC1)P=C1CCCCCCC1. The minimum atomic E-state index is 0.899. The molecule has 0 N–H and O–H groups in total. The summed E-state index contributed by atoms with van der Waals surface area (Å²) >= 11 is 0. The minimum Gasteiger partial charge on any atom is -0.105 e. The van der Waals surface area contributed by atoms with E-state index < -0.39 is 0 Å². The Balaban J connectivity index is 1.72. The summed E-state index contributed by atoms with van der Waals surface area (Å²) in [4.78, 5) is 0. The molecule has 2 saturated carbocycles. The molecule has 0 radical (unpaired) electrons. The smallest absolute Gasteiger partial charge is 0.00137 e. The first-order valence-corrected chi connectivity index (χ1v) is 12.0. The Labute approximate surface area is 142 Å². The van der Waals surface area contributed by atoms with Gasteiger partial charge in [0.2, 0.25) is 0 Å². The maximum absolute atomic E-state index is 2.49. The third-order valence-electron chi connectivity index (χ3n) is 5.15. The Morgan fingerprint density at radius 3 is 1.68 bits per heavy atom. The molecule has 0 aromatic carbocycles. The van der Waals surface area contributed by atoms with Crippen LogP contribution in [0.3, 0.4) is 0 Å². The fourth-order valence-corrected chi connectivity index (χ4v) is 6.82. The van der Waals surface area contributed by atoms with Crippen molar-refractivity contribution in [2.45, 2.75) is 109 Å². The fraction of sp³-hybridized carbons (Fsp3) is 0.900. The van der Waals surface area contributed by atoms with Crippen LogP contribution in [0.5, 0.6) is 0 Å². The molecule has 0 nitrogen and oxygen atoms in total. The lowest BCUT2D eigenvalue weighted by atomic mass is 10.0. The third-order valence-corrected chi connectivity index (χ3v) is 8.03. The van der Waals surface area contributed by atoms with Crippen molar-refractivity contribution in [2.24, 2.45) is 0 Å². The van der Waals surface area contributed by atoms with Crippen molar-refractivity contribution in [1.82, 2.24) is 0 Å². The molecule has 2 heteroatoms. The first-order chi connectivity index (χ1) is 10.8. The van der Waals surface area contributed by atoms with Crippen molar-refractivity contribution < 1.29 is 0 Å². The summed E-state index contributed by atoms with van der Waals surface area (Å²) in [5, 5.41) is 3.75. The van der Waals surface area contributed by atoms with Gasteiger partial charge in [0.05, 0.1) is 0 Å². The quantitative estimate of drug-likeness (QED) is 0.466. The van der Waals surface area contributed by atoms with E-state index in [1.807, 2.05) is 10.6 Å². The van der Waals surface area contributed by atoms with Crippen LogP contribution >= 0.6 is 16.4 Å². The Kier molecular flexibility index (Phi) is 10.0. The summed E-state index contributed by atoms with van der Waals surface area (Å²) in [6.45, 7) is 2.49. The van der Waals surface area contributed by atoms with E-state index in [-0.39, 0.29) is 0 Å². The summed E-state index contributed by atoms with van der Waals surface area (Å²) in [6.07, 6.45) is 23.3. The second kappa shape index (κ2) is 11.8. The van der Waals surface area contributed by atoms with E-state index in [0.29, 0.717) is 0 Å². The molecule has 126 valence electrons. The lowest BCUT2D eigenvalue weighted by molar-refractivity contribution is 0.610. The average molecular weight is 338 g/mol. The average Bonchev–Trinajstić information content (AvgIpc) is 2.44. The monoisotopic (exact) mass is 338 g/mol. The molecular weight excluding hydrogens is 302 g/mol. The van der Waals surface area contributed by atoms with Crippen molar-refractivity contribution in [3.63, 3.8) is 0 Å². The number of hydrogen-bond donors (Lipinski definition) is 0. The Morgan fingerprint density at radius 1 is 0.682 bits per heavy atom. The van der Waals surface area contributed by atoms with E-state index in [0.717, 1.165) is 5.66 Å². The summed E-state index contributed by atoms with van der Waals surface area (Å²) in [5.41, 5.74) is 0.899. The van der Waals surface area contributed by atoms with E-state index in [4.69, 9.17) is 0 Å². The highest BCUT2D eigenvalue weighted by Crippen LogP contribution is 2.25. The van der Waals surface area contributed by atoms with Gasteiger partial charge in [-0.1, -0.05) is 45.4 Å². The largest absolute Gasteiger partial charge is 0.105 e. The maximum atomic E-state index is 2.49. The minimum absolute atomic E-state index is 0.899. The van der Waals surface area contributed by atoms with Crippen LogP contribution in [-0.2, 0) is 0 Å².